The summed E-state index contributed by atoms with van der Waals surface area (Å²) in [5.41, 5.74) is 0.911. The van der Waals surface area contributed by atoms with E-state index in [-0.39, 0.29) is 6.04 Å². The molecule has 2 aromatic rings. The Labute approximate surface area is 123 Å². The van der Waals surface area contributed by atoms with E-state index < -0.39 is 0 Å². The molecule has 20 heavy (non-hydrogen) atoms. The van der Waals surface area contributed by atoms with Gasteiger partial charge in [0.15, 0.2) is 5.78 Å². The van der Waals surface area contributed by atoms with E-state index in [1.54, 1.807) is 11.3 Å². The predicted molar refractivity (Wildman–Crippen MR) is 83.4 cm³/mol. The monoisotopic (exact) mass is 285 g/mol. The summed E-state index contributed by atoms with van der Waals surface area (Å²) in [6.45, 7) is 0. The summed E-state index contributed by atoms with van der Waals surface area (Å²) in [6, 6.07) is 8.80. The van der Waals surface area contributed by atoms with Crippen LogP contribution in [0.25, 0.3) is 10.1 Å². The molecule has 0 spiro atoms. The molecule has 3 unspecified atom stereocenters. The second-order valence-corrected chi connectivity index (χ2v) is 7.03. The molecular formula is C17H19NOS. The Hall–Kier alpha value is -1.19. The van der Waals surface area contributed by atoms with Crippen LogP contribution in [0.1, 0.15) is 42.5 Å². The minimum absolute atomic E-state index is 0.0378. The Kier molecular flexibility index (Phi) is 3.12. The van der Waals surface area contributed by atoms with Gasteiger partial charge in [0.05, 0.1) is 6.04 Å². The number of Topliss-reactive ketones (excluding diaryl/α,β-unsaturated/α-hetero) is 1. The number of thiophene rings is 1. The third kappa shape index (κ3) is 2.00. The molecule has 3 atom stereocenters. The molecule has 4 rings (SSSR count). The maximum atomic E-state index is 12.8. The van der Waals surface area contributed by atoms with Crippen LogP contribution in [0, 0.1) is 5.92 Å². The lowest BCUT2D eigenvalue weighted by Gasteiger charge is -2.24. The molecule has 2 nitrogen and oxygen atoms in total. The summed E-state index contributed by atoms with van der Waals surface area (Å²) < 4.78 is 1.15. The highest BCUT2D eigenvalue weighted by Crippen LogP contribution is 2.35. The summed E-state index contributed by atoms with van der Waals surface area (Å²) >= 11 is 1.68. The normalized spacial score (nSPS) is 29.5. The Morgan fingerprint density at radius 1 is 1.20 bits per heavy atom. The summed E-state index contributed by atoms with van der Waals surface area (Å²) in [7, 11) is 0. The molecule has 2 fully saturated rings. The van der Waals surface area contributed by atoms with Crippen LogP contribution < -0.4 is 5.32 Å². The van der Waals surface area contributed by atoms with E-state index in [0.29, 0.717) is 11.8 Å². The van der Waals surface area contributed by atoms with Crippen LogP contribution in [0.4, 0.5) is 0 Å². The first-order valence-electron chi connectivity index (χ1n) is 7.59. The fourth-order valence-corrected chi connectivity index (χ4v) is 4.81. The minimum Gasteiger partial charge on any atom is -0.304 e. The number of ketones is 1. The van der Waals surface area contributed by atoms with E-state index >= 15 is 0 Å². The zero-order valence-corrected chi connectivity index (χ0v) is 12.3. The van der Waals surface area contributed by atoms with Gasteiger partial charge in [0.25, 0.3) is 0 Å². The molecule has 0 amide bonds. The number of fused-ring (bicyclic) bond motifs is 2. The standard InChI is InChI=1S/C17H19NOS/c19-16(13-6-3-5-11-8-9-20-17(11)13)15-10-12-4-1-2-7-14(12)18-15/h3,5-6,8-9,12,14-15,18H,1-2,4,7,10H2. The smallest absolute Gasteiger partial charge is 0.181 e. The van der Waals surface area contributed by atoms with Crippen LogP contribution in [0.15, 0.2) is 29.6 Å². The fourth-order valence-electron chi connectivity index (χ4n) is 3.90. The summed E-state index contributed by atoms with van der Waals surface area (Å²) in [6.07, 6.45) is 6.23. The first-order valence-corrected chi connectivity index (χ1v) is 8.47. The van der Waals surface area contributed by atoms with Crippen LogP contribution in [0.3, 0.4) is 0 Å². The maximum absolute atomic E-state index is 12.8. The van der Waals surface area contributed by atoms with Gasteiger partial charge in [-0.2, -0.15) is 0 Å². The highest BCUT2D eigenvalue weighted by molar-refractivity contribution is 7.17. The minimum atomic E-state index is 0.0378. The molecule has 104 valence electrons. The lowest BCUT2D eigenvalue weighted by atomic mass is 9.84. The SMILES string of the molecule is O=C(c1cccc2ccsc12)C1CC2CCCCC2N1. The van der Waals surface area contributed by atoms with E-state index in [1.165, 1.54) is 31.1 Å². The highest BCUT2D eigenvalue weighted by Gasteiger charge is 2.38. The lowest BCUT2D eigenvalue weighted by Crippen LogP contribution is -2.37. The third-order valence-electron chi connectivity index (χ3n) is 4.92. The van der Waals surface area contributed by atoms with Gasteiger partial charge in [0, 0.05) is 16.3 Å². The van der Waals surface area contributed by atoms with E-state index in [1.807, 2.05) is 12.1 Å². The van der Waals surface area contributed by atoms with Crippen molar-refractivity contribution in [3.63, 3.8) is 0 Å². The Balaban J connectivity index is 1.63. The Bertz CT molecular complexity index is 633. The van der Waals surface area contributed by atoms with Gasteiger partial charge >= 0.3 is 0 Å². The molecule has 3 heteroatoms. The molecule has 1 aromatic carbocycles. The van der Waals surface area contributed by atoms with Gasteiger partial charge in [-0.25, -0.2) is 0 Å². The van der Waals surface area contributed by atoms with Crippen molar-refractivity contribution in [3.05, 3.63) is 35.2 Å². The van der Waals surface area contributed by atoms with Crippen molar-refractivity contribution in [2.75, 3.05) is 0 Å². The molecule has 1 aliphatic carbocycles. The van der Waals surface area contributed by atoms with Gasteiger partial charge in [-0.05, 0) is 48.1 Å². The average Bonchev–Trinajstić information content (AvgIpc) is 3.12. The molecule has 2 heterocycles. The molecule has 0 bridgehead atoms. The third-order valence-corrected chi connectivity index (χ3v) is 5.89. The number of benzene rings is 1. The van der Waals surface area contributed by atoms with Crippen LogP contribution in [-0.2, 0) is 0 Å². The van der Waals surface area contributed by atoms with Crippen LogP contribution >= 0.6 is 11.3 Å². The molecular weight excluding hydrogens is 266 g/mol. The van der Waals surface area contributed by atoms with Crippen LogP contribution in [0.2, 0.25) is 0 Å². The number of carbonyl (C=O) groups is 1. The average molecular weight is 285 g/mol. The summed E-state index contributed by atoms with van der Waals surface area (Å²) in [4.78, 5) is 12.8. The van der Waals surface area contributed by atoms with Crippen LogP contribution in [-0.4, -0.2) is 17.9 Å². The van der Waals surface area contributed by atoms with Crippen LogP contribution in [0.5, 0.6) is 0 Å². The van der Waals surface area contributed by atoms with Gasteiger partial charge in [0.2, 0.25) is 0 Å². The molecule has 1 aromatic heterocycles. The number of hydrogen-bond acceptors (Lipinski definition) is 3. The molecule has 0 radical (unpaired) electrons. The number of nitrogens with one attached hydrogen (secondary N) is 1. The number of rotatable bonds is 2. The molecule has 2 aliphatic rings. The number of hydrogen-bond donors (Lipinski definition) is 1. The first kappa shape index (κ1) is 12.5. The zero-order valence-electron chi connectivity index (χ0n) is 11.5. The molecule has 1 N–H and O–H groups in total. The fraction of sp³-hybridized carbons (Fsp3) is 0.471. The highest BCUT2D eigenvalue weighted by atomic mass is 32.1. The summed E-state index contributed by atoms with van der Waals surface area (Å²) in [5.74, 6) is 1.02. The van der Waals surface area contributed by atoms with Gasteiger partial charge in [-0.15, -0.1) is 11.3 Å². The van der Waals surface area contributed by atoms with Crippen molar-refractivity contribution in [3.8, 4) is 0 Å². The number of carbonyl (C=O) groups excluding carboxylic acids is 1. The van der Waals surface area contributed by atoms with Gasteiger partial charge in [-0.3, -0.25) is 4.79 Å². The van der Waals surface area contributed by atoms with Gasteiger partial charge < -0.3 is 5.32 Å². The van der Waals surface area contributed by atoms with Crippen molar-refractivity contribution >= 4 is 27.2 Å². The van der Waals surface area contributed by atoms with Crippen molar-refractivity contribution in [2.45, 2.75) is 44.2 Å². The molecule has 1 aliphatic heterocycles. The van der Waals surface area contributed by atoms with Gasteiger partial charge in [0.1, 0.15) is 0 Å². The molecule has 1 saturated heterocycles. The van der Waals surface area contributed by atoms with Crippen molar-refractivity contribution < 1.29 is 4.79 Å². The second kappa shape index (κ2) is 4.97. The zero-order chi connectivity index (χ0) is 13.5. The topological polar surface area (TPSA) is 29.1 Å². The summed E-state index contributed by atoms with van der Waals surface area (Å²) in [5, 5.41) is 6.87. The quantitative estimate of drug-likeness (QED) is 0.845. The first-order chi connectivity index (χ1) is 9.83. The molecule has 1 saturated carbocycles. The largest absolute Gasteiger partial charge is 0.304 e. The Morgan fingerprint density at radius 2 is 2.10 bits per heavy atom. The second-order valence-electron chi connectivity index (χ2n) is 6.11. The Morgan fingerprint density at radius 3 is 3.00 bits per heavy atom. The van der Waals surface area contributed by atoms with E-state index in [9.17, 15) is 4.79 Å². The van der Waals surface area contributed by atoms with Gasteiger partial charge in [-0.1, -0.05) is 25.0 Å². The van der Waals surface area contributed by atoms with E-state index in [2.05, 4.69) is 22.8 Å². The van der Waals surface area contributed by atoms with E-state index in [4.69, 9.17) is 0 Å². The van der Waals surface area contributed by atoms with Crippen molar-refractivity contribution in [2.24, 2.45) is 5.92 Å². The van der Waals surface area contributed by atoms with Crippen molar-refractivity contribution in [1.82, 2.24) is 5.32 Å². The lowest BCUT2D eigenvalue weighted by molar-refractivity contribution is 0.0951. The predicted octanol–water partition coefficient (Wildman–Crippen LogP) is 4.00. The van der Waals surface area contributed by atoms with Crippen molar-refractivity contribution in [1.29, 1.82) is 0 Å². The van der Waals surface area contributed by atoms with E-state index in [0.717, 1.165) is 22.6 Å². The maximum Gasteiger partial charge on any atom is 0.181 e.